The Morgan fingerprint density at radius 1 is 0.731 bits per heavy atom. The number of carbonyl (C=O) groups excluding carboxylic acids is 1. The Labute approximate surface area is 450 Å². The Hall–Kier alpha value is -7.33. The lowest BCUT2D eigenvalue weighted by molar-refractivity contribution is -0.142. The van der Waals surface area contributed by atoms with Crippen molar-refractivity contribution < 1.29 is 50.8 Å². The number of nitrogens with one attached hydrogen (secondary N) is 2. The summed E-state index contributed by atoms with van der Waals surface area (Å²) in [6.45, 7) is 16.6. The van der Waals surface area contributed by atoms with Gasteiger partial charge in [0.05, 0.1) is 42.0 Å². The van der Waals surface area contributed by atoms with Crippen LogP contribution in [-0.4, -0.2) is 114 Å². The van der Waals surface area contributed by atoms with E-state index in [1.54, 1.807) is 59.8 Å². The number of anilines is 6. The molecule has 6 aliphatic rings. The summed E-state index contributed by atoms with van der Waals surface area (Å²) in [6.07, 6.45) is -0.220. The molecular weight excluding hydrogens is 1010 g/mol. The average molecular weight is 1080 g/mol. The molecule has 2 amide bonds. The zero-order chi connectivity index (χ0) is 54.9. The number of urea groups is 1. The molecule has 78 heavy (non-hydrogen) atoms. The maximum absolute atomic E-state index is 13.7. The number of benzene rings is 2. The van der Waals surface area contributed by atoms with Gasteiger partial charge in [-0.2, -0.15) is 0 Å². The van der Waals surface area contributed by atoms with Crippen molar-refractivity contribution in [3.63, 3.8) is 0 Å². The highest BCUT2D eigenvalue weighted by Gasteiger charge is 2.41. The van der Waals surface area contributed by atoms with Gasteiger partial charge in [-0.05, 0) is 102 Å². The van der Waals surface area contributed by atoms with Crippen LogP contribution in [0.4, 0.5) is 56.7 Å². The van der Waals surface area contributed by atoms with Crippen molar-refractivity contribution in [2.45, 2.75) is 103 Å². The number of aryl methyl sites for hydroxylation is 2. The molecule has 0 radical (unpaired) electrons. The predicted molar refractivity (Wildman–Crippen MR) is 289 cm³/mol. The molecule has 17 nitrogen and oxygen atoms in total. The summed E-state index contributed by atoms with van der Waals surface area (Å²) < 4.78 is 86.2. The summed E-state index contributed by atoms with van der Waals surface area (Å²) in [5.41, 5.74) is 13.3. The standard InChI is InChI=1S/C29H31F2N5O4.C17H17F2N3.C11H16N2O3/c1-17-11-23-27(34-25(17)18-5-4-6-19(12-18)26(30)31)36(21-8-10-35(23)14-21)28(37)33-20-7-9-32-24(13-20)38-15-22-16-39-29(2,3)40-22;1-10-7-14-17(20-13-5-6-22(14)9-13)21-15(10)11-3-2-4-12(8-11)16(18)19;1-11(2)15-7-9(16-11)6-14-10-5-8(12)3-4-13-10/h4-7,9,11-13,21-22,26H,8,10,14-16H2,1-3H3,(H,32,33,37);2-4,7-8,13,16H,5-6,9H2,1H3,(H,20,21);3-5,9H,6-7H2,1-2H3,(H2,12,13)/t21-,22+;13-;9-/m001/s1. The zero-order valence-corrected chi connectivity index (χ0v) is 44.4. The summed E-state index contributed by atoms with van der Waals surface area (Å²) in [4.78, 5) is 37.9. The van der Waals surface area contributed by atoms with Crippen LogP contribution < -0.4 is 40.5 Å². The molecule has 2 aromatic carbocycles. The van der Waals surface area contributed by atoms with Crippen molar-refractivity contribution in [1.29, 1.82) is 0 Å². The number of nitrogens with zero attached hydrogens (tertiary/aromatic N) is 7. The number of halogens is 4. The van der Waals surface area contributed by atoms with E-state index in [1.165, 1.54) is 24.3 Å². The number of alkyl halides is 4. The summed E-state index contributed by atoms with van der Waals surface area (Å²) in [5, 5.41) is 6.43. The van der Waals surface area contributed by atoms with Gasteiger partial charge in [0.2, 0.25) is 11.8 Å². The van der Waals surface area contributed by atoms with E-state index in [-0.39, 0.29) is 42.0 Å². The fourth-order valence-electron chi connectivity index (χ4n) is 10.4. The van der Waals surface area contributed by atoms with Crippen molar-refractivity contribution in [2.24, 2.45) is 0 Å². The fraction of sp³-hybridized carbons (Fsp3) is 0.421. The first-order chi connectivity index (χ1) is 37.3. The Kier molecular flexibility index (Phi) is 15.6. The summed E-state index contributed by atoms with van der Waals surface area (Å²) in [6, 6.07) is 23.6. The quantitative estimate of drug-likeness (QED) is 0.104. The minimum absolute atomic E-state index is 0.0354. The van der Waals surface area contributed by atoms with Gasteiger partial charge < -0.3 is 54.6 Å². The van der Waals surface area contributed by atoms with E-state index in [2.05, 4.69) is 36.5 Å². The molecule has 10 heterocycles. The number of ether oxygens (including phenoxy) is 6. The van der Waals surface area contributed by atoms with Gasteiger partial charge in [0.1, 0.15) is 25.4 Å². The Morgan fingerprint density at radius 2 is 1.29 bits per heavy atom. The van der Waals surface area contributed by atoms with Gasteiger partial charge in [0.25, 0.3) is 12.9 Å². The van der Waals surface area contributed by atoms with Gasteiger partial charge >= 0.3 is 6.03 Å². The Balaban J connectivity index is 0.000000151. The highest BCUT2D eigenvalue weighted by Crippen LogP contribution is 2.43. The molecule has 4 saturated heterocycles. The lowest BCUT2D eigenvalue weighted by Gasteiger charge is -2.36. The number of hydrogen-bond acceptors (Lipinski definition) is 15. The number of carbonyl (C=O) groups is 1. The van der Waals surface area contributed by atoms with E-state index in [0.29, 0.717) is 72.6 Å². The maximum Gasteiger partial charge on any atom is 0.327 e. The number of rotatable bonds is 11. The first-order valence-corrected chi connectivity index (χ1v) is 26.1. The van der Waals surface area contributed by atoms with Crippen LogP contribution in [0, 0.1) is 13.8 Å². The molecule has 0 spiro atoms. The predicted octanol–water partition coefficient (Wildman–Crippen LogP) is 10.7. The van der Waals surface area contributed by atoms with Crippen molar-refractivity contribution in [2.75, 3.05) is 83.7 Å². The number of pyridine rings is 4. The van der Waals surface area contributed by atoms with Gasteiger partial charge in [0.15, 0.2) is 23.2 Å². The van der Waals surface area contributed by atoms with Gasteiger partial charge in [0, 0.05) is 90.4 Å². The number of amides is 2. The van der Waals surface area contributed by atoms with Gasteiger partial charge in [-0.3, -0.25) is 4.90 Å². The van der Waals surface area contributed by atoms with Crippen LogP contribution in [-0.2, 0) is 18.9 Å². The van der Waals surface area contributed by atoms with E-state index in [1.807, 2.05) is 53.7 Å². The molecule has 4 atom stereocenters. The third-order valence-electron chi connectivity index (χ3n) is 14.1. The fourth-order valence-corrected chi connectivity index (χ4v) is 10.4. The van der Waals surface area contributed by atoms with E-state index in [9.17, 15) is 22.4 Å². The minimum Gasteiger partial charge on any atom is -0.475 e. The molecule has 4 bridgehead atoms. The minimum atomic E-state index is -2.58. The molecular formula is C57H64F4N10O7. The molecule has 6 aliphatic heterocycles. The van der Waals surface area contributed by atoms with E-state index in [0.717, 1.165) is 72.1 Å². The van der Waals surface area contributed by atoms with Gasteiger partial charge in [-0.15, -0.1) is 0 Å². The third-order valence-corrected chi connectivity index (χ3v) is 14.1. The first kappa shape index (κ1) is 54.0. The number of aromatic nitrogens is 4. The van der Waals surface area contributed by atoms with Crippen LogP contribution in [0.15, 0.2) is 97.3 Å². The lowest BCUT2D eigenvalue weighted by atomic mass is 10.0. The van der Waals surface area contributed by atoms with Crippen molar-refractivity contribution in [3.8, 4) is 34.3 Å². The maximum atomic E-state index is 13.7. The zero-order valence-electron chi connectivity index (χ0n) is 44.4. The van der Waals surface area contributed by atoms with E-state index < -0.39 is 24.4 Å². The molecule has 0 saturated carbocycles. The summed E-state index contributed by atoms with van der Waals surface area (Å²) in [5.74, 6) is 1.09. The number of nitrogens with two attached hydrogens (primary N) is 1. The van der Waals surface area contributed by atoms with Crippen LogP contribution >= 0.6 is 0 Å². The van der Waals surface area contributed by atoms with E-state index >= 15 is 0 Å². The highest BCUT2D eigenvalue weighted by atomic mass is 19.3. The van der Waals surface area contributed by atoms with Crippen LogP contribution in [0.25, 0.3) is 22.5 Å². The largest absolute Gasteiger partial charge is 0.475 e. The molecule has 4 aromatic heterocycles. The van der Waals surface area contributed by atoms with E-state index in [4.69, 9.17) is 44.1 Å². The molecule has 0 unspecified atom stereocenters. The molecule has 4 fully saturated rings. The summed E-state index contributed by atoms with van der Waals surface area (Å²) in [7, 11) is 0. The van der Waals surface area contributed by atoms with Gasteiger partial charge in [-0.25, -0.2) is 42.3 Å². The van der Waals surface area contributed by atoms with Crippen LogP contribution in [0.5, 0.6) is 11.8 Å². The molecule has 21 heteroatoms. The van der Waals surface area contributed by atoms with Crippen LogP contribution in [0.2, 0.25) is 0 Å². The first-order valence-electron chi connectivity index (χ1n) is 26.1. The Bertz CT molecular complexity index is 3130. The summed E-state index contributed by atoms with van der Waals surface area (Å²) >= 11 is 0. The van der Waals surface area contributed by atoms with Crippen LogP contribution in [0.3, 0.4) is 0 Å². The highest BCUT2D eigenvalue weighted by molar-refractivity contribution is 6.05. The molecule has 12 rings (SSSR count). The van der Waals surface area contributed by atoms with Crippen molar-refractivity contribution in [3.05, 3.63) is 120 Å². The molecule has 6 aromatic rings. The smallest absolute Gasteiger partial charge is 0.327 e. The van der Waals surface area contributed by atoms with Gasteiger partial charge in [-0.1, -0.05) is 36.4 Å². The second kappa shape index (κ2) is 22.6. The molecule has 0 aliphatic carbocycles. The SMILES string of the molecule is CC1(C)OC[C@@H](COc2cc(N)ccn2)O1.Cc1cc2c(nc1-c1cccc(C(F)F)c1)N(C(=O)Nc1ccnc(OC[C@@H]3COC(C)(C)O3)c1)[C@H]1CCN2C1.Cc1cc2c(nc1-c1cccc(C(F)F)c1)N[C@H]1CCN2C1. The molecule has 4 N–H and O–H groups in total. The third kappa shape index (κ3) is 12.5. The number of nitrogen functional groups attached to an aromatic ring is 1. The molecule has 412 valence electrons. The lowest BCUT2D eigenvalue weighted by Crippen LogP contribution is -2.48. The normalized spacial score (nSPS) is 21.0. The Morgan fingerprint density at radius 3 is 1.88 bits per heavy atom. The topological polar surface area (TPSA) is 184 Å². The second-order valence-corrected chi connectivity index (χ2v) is 21.0. The monoisotopic (exact) mass is 1080 g/mol. The second-order valence-electron chi connectivity index (χ2n) is 21.0. The number of fused-ring (bicyclic) bond motifs is 8. The number of hydrogen-bond donors (Lipinski definition) is 3. The van der Waals surface area contributed by atoms with Crippen molar-refractivity contribution in [1.82, 2.24) is 19.9 Å². The average Bonchev–Trinajstić information content (AvgIpc) is 4.39. The van der Waals surface area contributed by atoms with Crippen molar-refractivity contribution >= 4 is 40.4 Å². The van der Waals surface area contributed by atoms with Crippen LogP contribution in [0.1, 0.15) is 75.6 Å².